The quantitative estimate of drug-likeness (QED) is 0.767. The summed E-state index contributed by atoms with van der Waals surface area (Å²) in [5.41, 5.74) is 1.38. The first-order valence-corrected chi connectivity index (χ1v) is 9.46. The van der Waals surface area contributed by atoms with Crippen molar-refractivity contribution < 1.29 is 19.1 Å². The summed E-state index contributed by atoms with van der Waals surface area (Å²) in [4.78, 5) is 42.6. The van der Waals surface area contributed by atoms with Crippen molar-refractivity contribution in [2.75, 3.05) is 26.0 Å². The number of esters is 1. The lowest BCUT2D eigenvalue weighted by Crippen LogP contribution is -2.25. The van der Waals surface area contributed by atoms with E-state index in [1.807, 2.05) is 30.3 Å². The van der Waals surface area contributed by atoms with Crippen LogP contribution in [0.15, 0.2) is 30.3 Å². The van der Waals surface area contributed by atoms with Gasteiger partial charge < -0.3 is 15.0 Å². The van der Waals surface area contributed by atoms with Crippen LogP contribution in [-0.2, 0) is 27.2 Å². The molecule has 2 amide bonds. The normalized spacial score (nSPS) is 16.4. The third kappa shape index (κ3) is 4.51. The van der Waals surface area contributed by atoms with Gasteiger partial charge in [0.2, 0.25) is 11.8 Å². The van der Waals surface area contributed by atoms with Crippen molar-refractivity contribution in [2.45, 2.75) is 19.3 Å². The van der Waals surface area contributed by atoms with E-state index in [0.717, 1.165) is 16.9 Å². The van der Waals surface area contributed by atoms with Crippen LogP contribution in [-0.4, -0.2) is 48.4 Å². The molecule has 1 N–H and O–H groups in total. The first kappa shape index (κ1) is 19.0. The predicted molar refractivity (Wildman–Crippen MR) is 102 cm³/mol. The Labute approximate surface area is 161 Å². The molecule has 7 nitrogen and oxygen atoms in total. The molecule has 0 spiro atoms. The van der Waals surface area contributed by atoms with Crippen LogP contribution in [0.5, 0.6) is 0 Å². The summed E-state index contributed by atoms with van der Waals surface area (Å²) in [5.74, 6) is -1.23. The number of aromatic nitrogens is 1. The number of rotatable bonds is 6. The lowest BCUT2D eigenvalue weighted by Gasteiger charge is -2.09. The van der Waals surface area contributed by atoms with Crippen molar-refractivity contribution in [2.24, 2.45) is 5.92 Å². The molecular formula is C19H21N3O4S. The molecule has 0 unspecified atom stereocenters. The number of benzene rings is 1. The van der Waals surface area contributed by atoms with Gasteiger partial charge in [0.15, 0.2) is 10.8 Å². The van der Waals surface area contributed by atoms with Gasteiger partial charge in [-0.05, 0) is 18.4 Å². The molecule has 1 aromatic heterocycles. The van der Waals surface area contributed by atoms with Gasteiger partial charge in [0.1, 0.15) is 0 Å². The number of amides is 2. The summed E-state index contributed by atoms with van der Waals surface area (Å²) >= 11 is 1.27. The topological polar surface area (TPSA) is 88.6 Å². The van der Waals surface area contributed by atoms with E-state index in [0.29, 0.717) is 18.1 Å². The Morgan fingerprint density at radius 1 is 1.30 bits per heavy atom. The summed E-state index contributed by atoms with van der Waals surface area (Å²) in [6, 6.07) is 9.93. The minimum Gasteiger partial charge on any atom is -0.464 e. The summed E-state index contributed by atoms with van der Waals surface area (Å²) in [7, 11) is 2.98. The minimum absolute atomic E-state index is 0.0481. The number of nitrogens with zero attached hydrogens (tertiary/aromatic N) is 2. The van der Waals surface area contributed by atoms with Crippen molar-refractivity contribution in [1.29, 1.82) is 0 Å². The minimum atomic E-state index is -0.523. The standard InChI is InChI=1S/C19H21N3O4S/c1-22-11-13(10-15(22)23)17(24)21-19-20-16(18(25)26-2)14(27-19)9-8-12-6-4-3-5-7-12/h3-7,13H,8-11H2,1-2H3,(H,20,21,24)/t13-/m0/s1. The number of anilines is 1. The number of aryl methyl sites for hydroxylation is 2. The largest absolute Gasteiger partial charge is 0.464 e. The Balaban J connectivity index is 1.72. The molecule has 2 heterocycles. The van der Waals surface area contributed by atoms with Crippen molar-refractivity contribution in [3.63, 3.8) is 0 Å². The Bertz CT molecular complexity index is 850. The number of ether oxygens (including phenoxy) is 1. The van der Waals surface area contributed by atoms with E-state index >= 15 is 0 Å². The van der Waals surface area contributed by atoms with Crippen LogP contribution in [0.1, 0.15) is 27.3 Å². The Morgan fingerprint density at radius 2 is 2.04 bits per heavy atom. The predicted octanol–water partition coefficient (Wildman–Crippen LogP) is 2.13. The van der Waals surface area contributed by atoms with Gasteiger partial charge in [-0.25, -0.2) is 9.78 Å². The average molecular weight is 387 g/mol. The van der Waals surface area contributed by atoms with Crippen LogP contribution in [0.2, 0.25) is 0 Å². The van der Waals surface area contributed by atoms with Gasteiger partial charge in [0.05, 0.1) is 13.0 Å². The summed E-state index contributed by atoms with van der Waals surface area (Å²) in [5, 5.41) is 3.10. The zero-order valence-corrected chi connectivity index (χ0v) is 16.0. The summed E-state index contributed by atoms with van der Waals surface area (Å²) in [6.45, 7) is 0.390. The number of thiazole rings is 1. The molecule has 1 aliphatic heterocycles. The Morgan fingerprint density at radius 3 is 2.67 bits per heavy atom. The second-order valence-corrected chi connectivity index (χ2v) is 7.52. The van der Waals surface area contributed by atoms with E-state index in [9.17, 15) is 14.4 Å². The number of carbonyl (C=O) groups excluding carboxylic acids is 3. The SMILES string of the molecule is COC(=O)c1nc(NC(=O)[C@H]2CC(=O)N(C)C2)sc1CCc1ccccc1. The molecule has 2 aromatic rings. The Hall–Kier alpha value is -2.74. The van der Waals surface area contributed by atoms with Gasteiger partial charge in [-0.3, -0.25) is 9.59 Å². The fourth-order valence-corrected chi connectivity index (χ4v) is 3.93. The summed E-state index contributed by atoms with van der Waals surface area (Å²) < 4.78 is 4.82. The van der Waals surface area contributed by atoms with Gasteiger partial charge in [-0.2, -0.15) is 0 Å². The number of hydrogen-bond donors (Lipinski definition) is 1. The van der Waals surface area contributed by atoms with Crippen molar-refractivity contribution in [3.05, 3.63) is 46.5 Å². The van der Waals surface area contributed by atoms with Crippen LogP contribution < -0.4 is 5.32 Å². The van der Waals surface area contributed by atoms with E-state index < -0.39 is 11.9 Å². The molecular weight excluding hydrogens is 366 g/mol. The highest BCUT2D eigenvalue weighted by molar-refractivity contribution is 7.16. The zero-order chi connectivity index (χ0) is 19.4. The lowest BCUT2D eigenvalue weighted by molar-refractivity contribution is -0.127. The number of hydrogen-bond acceptors (Lipinski definition) is 6. The third-order valence-corrected chi connectivity index (χ3v) is 5.53. The van der Waals surface area contributed by atoms with Crippen molar-refractivity contribution >= 4 is 34.3 Å². The molecule has 0 saturated carbocycles. The zero-order valence-electron chi connectivity index (χ0n) is 15.2. The number of carbonyl (C=O) groups is 3. The highest BCUT2D eigenvalue weighted by atomic mass is 32.1. The van der Waals surface area contributed by atoms with Crippen LogP contribution in [0.4, 0.5) is 5.13 Å². The van der Waals surface area contributed by atoms with E-state index in [-0.39, 0.29) is 23.9 Å². The van der Waals surface area contributed by atoms with Crippen LogP contribution in [0.3, 0.4) is 0 Å². The molecule has 0 bridgehead atoms. The molecule has 27 heavy (non-hydrogen) atoms. The number of methoxy groups -OCH3 is 1. The van der Waals surface area contributed by atoms with Gasteiger partial charge in [0, 0.05) is 24.9 Å². The molecule has 8 heteroatoms. The second-order valence-electron chi connectivity index (χ2n) is 6.43. The van der Waals surface area contributed by atoms with Crippen LogP contribution >= 0.6 is 11.3 Å². The first-order valence-electron chi connectivity index (χ1n) is 8.64. The lowest BCUT2D eigenvalue weighted by atomic mass is 10.1. The second kappa shape index (κ2) is 8.30. The smallest absolute Gasteiger partial charge is 0.357 e. The van der Waals surface area contributed by atoms with Crippen LogP contribution in [0, 0.1) is 5.92 Å². The molecule has 1 aliphatic rings. The van der Waals surface area contributed by atoms with E-state index in [2.05, 4.69) is 10.3 Å². The van der Waals surface area contributed by atoms with E-state index in [4.69, 9.17) is 4.74 Å². The highest BCUT2D eigenvalue weighted by Crippen LogP contribution is 2.27. The Kier molecular flexibility index (Phi) is 5.85. The fourth-order valence-electron chi connectivity index (χ4n) is 2.98. The summed E-state index contributed by atoms with van der Waals surface area (Å²) in [6.07, 6.45) is 1.56. The van der Waals surface area contributed by atoms with Gasteiger partial charge in [0.25, 0.3) is 0 Å². The average Bonchev–Trinajstić information content (AvgIpc) is 3.23. The number of likely N-dealkylation sites (tertiary alicyclic amines) is 1. The van der Waals surface area contributed by atoms with Crippen molar-refractivity contribution in [1.82, 2.24) is 9.88 Å². The molecule has 0 aliphatic carbocycles. The first-order chi connectivity index (χ1) is 13.0. The van der Waals surface area contributed by atoms with Gasteiger partial charge in [-0.1, -0.05) is 30.3 Å². The van der Waals surface area contributed by atoms with Crippen LogP contribution in [0.25, 0.3) is 0 Å². The van der Waals surface area contributed by atoms with E-state index in [1.54, 1.807) is 7.05 Å². The fraction of sp³-hybridized carbons (Fsp3) is 0.368. The molecule has 142 valence electrons. The third-order valence-electron chi connectivity index (χ3n) is 4.50. The van der Waals surface area contributed by atoms with Gasteiger partial charge in [-0.15, -0.1) is 11.3 Å². The molecule has 3 rings (SSSR count). The van der Waals surface area contributed by atoms with Crippen molar-refractivity contribution in [3.8, 4) is 0 Å². The monoisotopic (exact) mass is 387 g/mol. The number of nitrogens with one attached hydrogen (secondary N) is 1. The van der Waals surface area contributed by atoms with Gasteiger partial charge >= 0.3 is 5.97 Å². The molecule has 0 radical (unpaired) electrons. The molecule has 1 fully saturated rings. The maximum absolute atomic E-state index is 12.4. The molecule has 1 saturated heterocycles. The highest BCUT2D eigenvalue weighted by Gasteiger charge is 2.32. The maximum Gasteiger partial charge on any atom is 0.357 e. The molecule has 1 aromatic carbocycles. The maximum atomic E-state index is 12.4. The molecule has 1 atom stereocenters. The van der Waals surface area contributed by atoms with E-state index in [1.165, 1.54) is 23.3 Å².